The first-order chi connectivity index (χ1) is 18.4. The molecule has 38 heavy (non-hydrogen) atoms. The number of benzene rings is 1. The third-order valence-corrected chi connectivity index (χ3v) is 7.76. The molecule has 2 N–H and O–H groups in total. The van der Waals surface area contributed by atoms with Crippen molar-refractivity contribution in [2.75, 3.05) is 25.1 Å². The lowest BCUT2D eigenvalue weighted by molar-refractivity contribution is 0.0951. The number of amides is 1. The highest BCUT2D eigenvalue weighted by Crippen LogP contribution is 2.36. The second kappa shape index (κ2) is 10.7. The molecule has 9 heteroatoms. The Morgan fingerprint density at radius 1 is 1.21 bits per heavy atom. The minimum atomic E-state index is -0.261. The molecule has 1 aromatic carbocycles. The van der Waals surface area contributed by atoms with Crippen molar-refractivity contribution in [3.8, 4) is 5.75 Å². The van der Waals surface area contributed by atoms with Crippen LogP contribution in [0.1, 0.15) is 53.1 Å². The van der Waals surface area contributed by atoms with Crippen molar-refractivity contribution in [2.24, 2.45) is 5.92 Å². The van der Waals surface area contributed by atoms with Crippen LogP contribution >= 0.6 is 0 Å². The molecule has 1 atom stereocenters. The molecule has 0 bridgehead atoms. The number of aromatic amines is 1. The van der Waals surface area contributed by atoms with Crippen LogP contribution in [0.3, 0.4) is 0 Å². The molecule has 5 rings (SSSR count). The van der Waals surface area contributed by atoms with Crippen LogP contribution in [0.5, 0.6) is 5.75 Å². The molecule has 0 radical (unpaired) electrons. The van der Waals surface area contributed by atoms with Gasteiger partial charge in [0, 0.05) is 53.8 Å². The van der Waals surface area contributed by atoms with Crippen molar-refractivity contribution in [1.82, 2.24) is 24.8 Å². The number of carbonyl (C=O) groups excluding carboxylic acids is 1. The van der Waals surface area contributed by atoms with E-state index in [9.17, 15) is 9.59 Å². The van der Waals surface area contributed by atoms with Gasteiger partial charge in [0.1, 0.15) is 11.6 Å². The van der Waals surface area contributed by atoms with Gasteiger partial charge in [0.2, 0.25) is 0 Å². The van der Waals surface area contributed by atoms with Crippen molar-refractivity contribution in [2.45, 2.75) is 46.2 Å². The average Bonchev–Trinajstić information content (AvgIpc) is 3.23. The van der Waals surface area contributed by atoms with Gasteiger partial charge < -0.3 is 24.5 Å². The first-order valence-corrected chi connectivity index (χ1v) is 13.0. The van der Waals surface area contributed by atoms with Crippen LogP contribution in [0.25, 0.3) is 10.9 Å². The molecule has 198 valence electrons. The number of pyridine rings is 1. The number of nitrogens with one attached hydrogen (secondary N) is 2. The molecule has 0 saturated carbocycles. The number of carbonyl (C=O) groups is 1. The van der Waals surface area contributed by atoms with E-state index < -0.39 is 0 Å². The van der Waals surface area contributed by atoms with Crippen molar-refractivity contribution >= 4 is 22.6 Å². The van der Waals surface area contributed by atoms with E-state index in [-0.39, 0.29) is 24.1 Å². The van der Waals surface area contributed by atoms with E-state index in [0.29, 0.717) is 28.5 Å². The normalized spacial score (nSPS) is 15.0. The largest absolute Gasteiger partial charge is 0.496 e. The number of nitrogens with zero attached hydrogens (tertiary/aromatic N) is 4. The highest BCUT2D eigenvalue weighted by atomic mass is 16.5. The summed E-state index contributed by atoms with van der Waals surface area (Å²) in [4.78, 5) is 39.8. The summed E-state index contributed by atoms with van der Waals surface area (Å²) in [6.45, 7) is 7.98. The molecule has 0 spiro atoms. The summed E-state index contributed by atoms with van der Waals surface area (Å²) in [5, 5.41) is 3.88. The number of para-hydroxylation sites is 1. The Morgan fingerprint density at radius 2 is 1.97 bits per heavy atom. The van der Waals surface area contributed by atoms with Gasteiger partial charge in [-0.1, -0.05) is 18.2 Å². The van der Waals surface area contributed by atoms with Gasteiger partial charge in [-0.05, 0) is 51.7 Å². The van der Waals surface area contributed by atoms with Gasteiger partial charge in [-0.25, -0.2) is 4.98 Å². The summed E-state index contributed by atoms with van der Waals surface area (Å²) >= 11 is 0. The highest BCUT2D eigenvalue weighted by molar-refractivity contribution is 6.08. The zero-order chi connectivity index (χ0) is 26.8. The first kappa shape index (κ1) is 25.5. The Hall–Kier alpha value is -4.14. The third-order valence-electron chi connectivity index (χ3n) is 7.76. The van der Waals surface area contributed by atoms with Crippen molar-refractivity contribution in [3.63, 3.8) is 0 Å². The monoisotopic (exact) mass is 514 g/mol. The van der Waals surface area contributed by atoms with Gasteiger partial charge in [-0.2, -0.15) is 0 Å². The molecule has 1 fully saturated rings. The van der Waals surface area contributed by atoms with E-state index in [4.69, 9.17) is 4.74 Å². The number of hydrogen-bond donors (Lipinski definition) is 2. The predicted octanol–water partition coefficient (Wildman–Crippen LogP) is 4.15. The number of aryl methyl sites for hydroxylation is 1. The van der Waals surface area contributed by atoms with Crippen LogP contribution in [0, 0.1) is 19.8 Å². The first-order valence-electron chi connectivity index (χ1n) is 13.0. The minimum absolute atomic E-state index is 0.0763. The Kier molecular flexibility index (Phi) is 7.18. The summed E-state index contributed by atoms with van der Waals surface area (Å²) in [6.07, 6.45) is 7.30. The number of ether oxygens (including phenoxy) is 1. The Morgan fingerprint density at radius 3 is 2.68 bits per heavy atom. The molecule has 4 aromatic rings. The summed E-state index contributed by atoms with van der Waals surface area (Å²) < 4.78 is 7.70. The van der Waals surface area contributed by atoms with Crippen molar-refractivity contribution in [1.29, 1.82) is 0 Å². The van der Waals surface area contributed by atoms with E-state index >= 15 is 0 Å². The number of rotatable bonds is 7. The molecule has 0 unspecified atom stereocenters. The standard InChI is InChI=1S/C29H34N6O3/c1-18-15-25(38-4)23(28(36)33-18)16-32-29(37)27-20(3)35(24-8-6-5-7-22(24)27)19(2)21-9-13-34(14-10-21)26-17-30-11-12-31-26/h5-8,11-12,15,17,19,21H,9-10,13-14,16H2,1-4H3,(H,32,37)(H,33,36)/t19-/m1/s1. The zero-order valence-corrected chi connectivity index (χ0v) is 22.3. The van der Waals surface area contributed by atoms with Gasteiger partial charge in [0.15, 0.2) is 0 Å². The molecular weight excluding hydrogens is 480 g/mol. The maximum atomic E-state index is 13.5. The maximum Gasteiger partial charge on any atom is 0.256 e. The molecule has 1 amide bonds. The average molecular weight is 515 g/mol. The summed E-state index contributed by atoms with van der Waals surface area (Å²) in [5.41, 5.74) is 3.46. The number of fused-ring (bicyclic) bond motifs is 1. The summed E-state index contributed by atoms with van der Waals surface area (Å²) in [7, 11) is 1.52. The zero-order valence-electron chi connectivity index (χ0n) is 22.3. The smallest absolute Gasteiger partial charge is 0.256 e. The van der Waals surface area contributed by atoms with E-state index in [2.05, 4.69) is 42.7 Å². The van der Waals surface area contributed by atoms with Crippen LogP contribution in [-0.2, 0) is 6.54 Å². The molecule has 0 aliphatic carbocycles. The Labute approximate surface area is 221 Å². The second-order valence-corrected chi connectivity index (χ2v) is 9.99. The number of methoxy groups -OCH3 is 1. The Bertz CT molecular complexity index is 1500. The number of hydrogen-bond acceptors (Lipinski definition) is 6. The fourth-order valence-electron chi connectivity index (χ4n) is 5.77. The van der Waals surface area contributed by atoms with Crippen LogP contribution in [0.15, 0.2) is 53.7 Å². The van der Waals surface area contributed by atoms with E-state index in [1.165, 1.54) is 7.11 Å². The molecule has 1 aliphatic heterocycles. The molecule has 1 aliphatic rings. The molecule has 1 saturated heterocycles. The van der Waals surface area contributed by atoms with Gasteiger partial charge >= 0.3 is 0 Å². The third kappa shape index (κ3) is 4.76. The predicted molar refractivity (Wildman–Crippen MR) is 148 cm³/mol. The van der Waals surface area contributed by atoms with Gasteiger partial charge in [0.25, 0.3) is 11.5 Å². The van der Waals surface area contributed by atoms with Gasteiger partial charge in [0.05, 0.1) is 31.0 Å². The van der Waals surface area contributed by atoms with E-state index in [1.54, 1.807) is 25.4 Å². The van der Waals surface area contributed by atoms with Crippen LogP contribution in [-0.4, -0.2) is 45.6 Å². The number of anilines is 1. The lowest BCUT2D eigenvalue weighted by atomic mass is 9.90. The lowest BCUT2D eigenvalue weighted by Gasteiger charge is -2.36. The van der Waals surface area contributed by atoms with E-state index in [0.717, 1.165) is 48.3 Å². The number of H-pyrrole nitrogens is 1. The minimum Gasteiger partial charge on any atom is -0.496 e. The molecule has 3 aromatic heterocycles. The second-order valence-electron chi connectivity index (χ2n) is 9.99. The van der Waals surface area contributed by atoms with Crippen molar-refractivity contribution in [3.05, 3.63) is 81.8 Å². The molecule has 9 nitrogen and oxygen atoms in total. The highest BCUT2D eigenvalue weighted by Gasteiger charge is 2.29. The van der Waals surface area contributed by atoms with Crippen LogP contribution < -0.4 is 20.5 Å². The Balaban J connectivity index is 1.39. The number of piperidine rings is 1. The lowest BCUT2D eigenvalue weighted by Crippen LogP contribution is -2.37. The summed E-state index contributed by atoms with van der Waals surface area (Å²) in [5.74, 6) is 1.64. The van der Waals surface area contributed by atoms with Gasteiger partial charge in [-0.3, -0.25) is 14.6 Å². The fraction of sp³-hybridized carbons (Fsp3) is 0.379. The van der Waals surface area contributed by atoms with E-state index in [1.807, 2.05) is 31.3 Å². The topological polar surface area (TPSA) is 105 Å². The number of aromatic nitrogens is 4. The van der Waals surface area contributed by atoms with Crippen molar-refractivity contribution < 1.29 is 9.53 Å². The molecule has 4 heterocycles. The molecular formula is C29H34N6O3. The van der Waals surface area contributed by atoms with Crippen LogP contribution in [0.4, 0.5) is 5.82 Å². The SMILES string of the molecule is COc1cc(C)[nH]c(=O)c1CNC(=O)c1c(C)n([C@H](C)C2CCN(c3cnccn3)CC2)c2ccccc12. The van der Waals surface area contributed by atoms with Gasteiger partial charge in [-0.15, -0.1) is 0 Å². The fourth-order valence-corrected chi connectivity index (χ4v) is 5.77. The summed E-state index contributed by atoms with van der Waals surface area (Å²) in [6, 6.07) is 10.0. The quantitative estimate of drug-likeness (QED) is 0.384. The maximum absolute atomic E-state index is 13.5. The van der Waals surface area contributed by atoms with Crippen LogP contribution in [0.2, 0.25) is 0 Å².